The third-order valence-electron chi connectivity index (χ3n) is 2.81. The van der Waals surface area contributed by atoms with E-state index in [1.165, 1.54) is 16.3 Å². The van der Waals surface area contributed by atoms with Gasteiger partial charge in [0.2, 0.25) is 0 Å². The molecule has 0 saturated heterocycles. The molecule has 0 spiro atoms. The van der Waals surface area contributed by atoms with Gasteiger partial charge in [0.05, 0.1) is 6.61 Å². The first-order chi connectivity index (χ1) is 9.83. The summed E-state index contributed by atoms with van der Waals surface area (Å²) in [6.45, 7) is -2.29. The van der Waals surface area contributed by atoms with Crippen molar-refractivity contribution in [2.24, 2.45) is 0 Å². The predicted octanol–water partition coefficient (Wildman–Crippen LogP) is 0.346. The largest absolute Gasteiger partial charge is 0.406 e. The highest BCUT2D eigenvalue weighted by Crippen LogP contribution is 2.21. The smallest absolute Gasteiger partial charge is 0.395 e. The van der Waals surface area contributed by atoms with Gasteiger partial charge in [-0.25, -0.2) is 4.98 Å². The Kier molecular flexibility index (Phi) is 4.57. The quantitative estimate of drug-likeness (QED) is 0.809. The van der Waals surface area contributed by atoms with Crippen molar-refractivity contribution >= 4 is 17.7 Å². The van der Waals surface area contributed by atoms with Crippen molar-refractivity contribution in [3.05, 3.63) is 22.1 Å². The topological polar surface area (TPSA) is 75.4 Å². The second kappa shape index (κ2) is 6.06. The van der Waals surface area contributed by atoms with Crippen molar-refractivity contribution in [1.82, 2.24) is 14.5 Å². The highest BCUT2D eigenvalue weighted by Gasteiger charge is 2.34. The Morgan fingerprint density at radius 1 is 1.52 bits per heavy atom. The summed E-state index contributed by atoms with van der Waals surface area (Å²) in [6, 6.07) is 0. The summed E-state index contributed by atoms with van der Waals surface area (Å²) in [7, 11) is 0. The van der Waals surface area contributed by atoms with E-state index in [9.17, 15) is 22.8 Å². The van der Waals surface area contributed by atoms with Gasteiger partial charge in [0.25, 0.3) is 11.5 Å². The molecule has 116 valence electrons. The zero-order chi connectivity index (χ0) is 15.6. The molecule has 1 aliphatic rings. The van der Waals surface area contributed by atoms with Gasteiger partial charge in [0.15, 0.2) is 5.16 Å². The standard InChI is InChI=1S/C11H12F3N3O3S/c12-11(13,14)6-16(1-3-18)8(19)7-5-15-10-17(9(7)20)2-4-21-10/h5,18H,1-4,6H2. The molecule has 2 heterocycles. The van der Waals surface area contributed by atoms with E-state index in [1.807, 2.05) is 0 Å². The van der Waals surface area contributed by atoms with Gasteiger partial charge in [-0.05, 0) is 0 Å². The van der Waals surface area contributed by atoms with Gasteiger partial charge < -0.3 is 10.0 Å². The van der Waals surface area contributed by atoms with Crippen molar-refractivity contribution < 1.29 is 23.1 Å². The maximum atomic E-state index is 12.4. The molecule has 0 saturated carbocycles. The molecule has 1 N–H and O–H groups in total. The molecular formula is C11H12F3N3O3S. The third-order valence-corrected chi connectivity index (χ3v) is 3.78. The van der Waals surface area contributed by atoms with Crippen LogP contribution in [0.2, 0.25) is 0 Å². The second-order valence-electron chi connectivity index (χ2n) is 4.33. The number of hydrogen-bond donors (Lipinski definition) is 1. The van der Waals surface area contributed by atoms with E-state index in [4.69, 9.17) is 5.11 Å². The average Bonchev–Trinajstić information content (AvgIpc) is 2.85. The van der Waals surface area contributed by atoms with Crippen molar-refractivity contribution in [3.8, 4) is 0 Å². The van der Waals surface area contributed by atoms with Crippen LogP contribution >= 0.6 is 11.8 Å². The number of nitrogens with zero attached hydrogens (tertiary/aromatic N) is 3. The Morgan fingerprint density at radius 3 is 2.86 bits per heavy atom. The molecular weight excluding hydrogens is 311 g/mol. The molecule has 0 fully saturated rings. The average molecular weight is 323 g/mol. The summed E-state index contributed by atoms with van der Waals surface area (Å²) in [5, 5.41) is 9.24. The lowest BCUT2D eigenvalue weighted by Gasteiger charge is -2.22. The number of aliphatic hydroxyl groups is 1. The van der Waals surface area contributed by atoms with Crippen molar-refractivity contribution in [2.45, 2.75) is 17.9 Å². The number of aromatic nitrogens is 2. The number of rotatable bonds is 4. The SMILES string of the molecule is O=C(c1cnc2n(c1=O)CCS2)N(CCO)CC(F)(F)F. The summed E-state index contributed by atoms with van der Waals surface area (Å²) in [6.07, 6.45) is -3.61. The van der Waals surface area contributed by atoms with Gasteiger partial charge in [-0.3, -0.25) is 14.2 Å². The second-order valence-corrected chi connectivity index (χ2v) is 5.39. The molecule has 6 nitrogen and oxygen atoms in total. The third kappa shape index (κ3) is 3.56. The molecule has 1 aromatic rings. The molecule has 2 rings (SSSR count). The van der Waals surface area contributed by atoms with Crippen LogP contribution < -0.4 is 5.56 Å². The van der Waals surface area contributed by atoms with Gasteiger partial charge in [-0.2, -0.15) is 13.2 Å². The van der Waals surface area contributed by atoms with Gasteiger partial charge in [0, 0.05) is 25.0 Å². The molecule has 1 aliphatic heterocycles. The number of hydrogen-bond acceptors (Lipinski definition) is 5. The molecule has 21 heavy (non-hydrogen) atoms. The molecule has 0 aliphatic carbocycles. The van der Waals surface area contributed by atoms with E-state index < -0.39 is 42.9 Å². The van der Waals surface area contributed by atoms with Crippen LogP contribution in [0.3, 0.4) is 0 Å². The highest BCUT2D eigenvalue weighted by atomic mass is 32.2. The van der Waals surface area contributed by atoms with Gasteiger partial charge >= 0.3 is 6.18 Å². The van der Waals surface area contributed by atoms with Crippen LogP contribution in [-0.4, -0.2) is 57.1 Å². The fourth-order valence-electron chi connectivity index (χ4n) is 1.92. The molecule has 0 radical (unpaired) electrons. The first-order valence-corrected chi connectivity index (χ1v) is 7.01. The lowest BCUT2D eigenvalue weighted by molar-refractivity contribution is -0.141. The molecule has 10 heteroatoms. The van der Waals surface area contributed by atoms with Crippen LogP contribution in [0.25, 0.3) is 0 Å². The number of carbonyl (C=O) groups is 1. The van der Waals surface area contributed by atoms with Crippen LogP contribution in [-0.2, 0) is 6.54 Å². The van der Waals surface area contributed by atoms with Crippen LogP contribution in [0.15, 0.2) is 16.1 Å². The van der Waals surface area contributed by atoms with Gasteiger partial charge in [-0.15, -0.1) is 0 Å². The molecule has 0 unspecified atom stereocenters. The maximum absolute atomic E-state index is 12.4. The van der Waals surface area contributed by atoms with E-state index in [0.717, 1.165) is 6.20 Å². The Bertz CT molecular complexity index is 603. The van der Waals surface area contributed by atoms with E-state index in [1.54, 1.807) is 0 Å². The zero-order valence-electron chi connectivity index (χ0n) is 10.8. The number of aliphatic hydroxyl groups excluding tert-OH is 1. The Hall–Kier alpha value is -1.55. The van der Waals surface area contributed by atoms with Crippen molar-refractivity contribution in [2.75, 3.05) is 25.4 Å². The first kappa shape index (κ1) is 15.8. The van der Waals surface area contributed by atoms with Crippen molar-refractivity contribution in [1.29, 1.82) is 0 Å². The Labute approximate surface area is 121 Å². The van der Waals surface area contributed by atoms with Crippen LogP contribution in [0, 0.1) is 0 Å². The fraction of sp³-hybridized carbons (Fsp3) is 0.545. The normalized spacial score (nSPS) is 14.1. The molecule has 1 aromatic heterocycles. The monoisotopic (exact) mass is 323 g/mol. The lowest BCUT2D eigenvalue weighted by atomic mass is 10.2. The summed E-state index contributed by atoms with van der Waals surface area (Å²) >= 11 is 1.34. The zero-order valence-corrected chi connectivity index (χ0v) is 11.6. The number of amides is 1. The van der Waals surface area contributed by atoms with E-state index in [0.29, 0.717) is 22.4 Å². The number of fused-ring (bicyclic) bond motifs is 1. The summed E-state index contributed by atoms with van der Waals surface area (Å²) in [5.74, 6) is -0.450. The minimum absolute atomic E-state index is 0.367. The minimum atomic E-state index is -4.61. The predicted molar refractivity (Wildman–Crippen MR) is 68.3 cm³/mol. The first-order valence-electron chi connectivity index (χ1n) is 6.03. The number of thioether (sulfide) groups is 1. The summed E-state index contributed by atoms with van der Waals surface area (Å²) in [5.41, 5.74) is -1.07. The maximum Gasteiger partial charge on any atom is 0.406 e. The fourth-order valence-corrected chi connectivity index (χ4v) is 2.84. The lowest BCUT2D eigenvalue weighted by Crippen LogP contribution is -2.43. The summed E-state index contributed by atoms with van der Waals surface area (Å²) < 4.78 is 38.6. The summed E-state index contributed by atoms with van der Waals surface area (Å²) in [4.78, 5) is 28.5. The minimum Gasteiger partial charge on any atom is -0.395 e. The number of halogens is 3. The Morgan fingerprint density at radius 2 is 2.24 bits per heavy atom. The van der Waals surface area contributed by atoms with E-state index in [-0.39, 0.29) is 0 Å². The van der Waals surface area contributed by atoms with E-state index in [2.05, 4.69) is 4.98 Å². The number of alkyl halides is 3. The molecule has 0 atom stereocenters. The van der Waals surface area contributed by atoms with Crippen molar-refractivity contribution in [3.63, 3.8) is 0 Å². The van der Waals surface area contributed by atoms with Gasteiger partial charge in [-0.1, -0.05) is 11.8 Å². The molecule has 0 aromatic carbocycles. The number of carbonyl (C=O) groups excluding carboxylic acids is 1. The highest BCUT2D eigenvalue weighted by molar-refractivity contribution is 7.99. The molecule has 1 amide bonds. The Balaban J connectivity index is 2.31. The molecule has 0 bridgehead atoms. The van der Waals surface area contributed by atoms with E-state index >= 15 is 0 Å². The van der Waals surface area contributed by atoms with Crippen LogP contribution in [0.5, 0.6) is 0 Å². The van der Waals surface area contributed by atoms with Gasteiger partial charge in [0.1, 0.15) is 12.1 Å². The van der Waals surface area contributed by atoms with Crippen LogP contribution in [0.1, 0.15) is 10.4 Å². The van der Waals surface area contributed by atoms with Crippen LogP contribution in [0.4, 0.5) is 13.2 Å².